The lowest BCUT2D eigenvalue weighted by Gasteiger charge is -2.16. The molecule has 2 atom stereocenters. The Morgan fingerprint density at radius 3 is 2.61 bits per heavy atom. The summed E-state index contributed by atoms with van der Waals surface area (Å²) in [5, 5.41) is 11.4. The fraction of sp³-hybridized carbons (Fsp3) is 0.800. The molecule has 104 valence electrons. The molecule has 18 heavy (non-hydrogen) atoms. The van der Waals surface area contributed by atoms with Crippen LogP contribution in [-0.4, -0.2) is 55.0 Å². The molecule has 1 rings (SSSR count). The molecule has 1 fully saturated rings. The second-order valence-corrected chi connectivity index (χ2v) is 7.50. The van der Waals surface area contributed by atoms with Crippen LogP contribution in [0.1, 0.15) is 12.8 Å². The minimum atomic E-state index is -3.13. The molecule has 0 radical (unpaired) electrons. The number of carboxylic acid groups (broad SMARTS) is 1. The number of rotatable bonds is 6. The minimum Gasteiger partial charge on any atom is -0.480 e. The van der Waals surface area contributed by atoms with Crippen molar-refractivity contribution in [3.05, 3.63) is 0 Å². The average Bonchev–Trinajstić information content (AvgIpc) is 2.64. The highest BCUT2D eigenvalue weighted by atomic mass is 32.2. The zero-order valence-electron chi connectivity index (χ0n) is 10.1. The molecule has 1 saturated heterocycles. The normalized spacial score (nSPS) is 23.5. The summed E-state index contributed by atoms with van der Waals surface area (Å²) in [5.74, 6) is -1.70. The first-order chi connectivity index (χ1) is 8.35. The Bertz CT molecular complexity index is 420. The van der Waals surface area contributed by atoms with Crippen LogP contribution in [0.5, 0.6) is 0 Å². The number of carbonyl (C=O) groups is 2. The maximum Gasteiger partial charge on any atom is 0.326 e. The first kappa shape index (κ1) is 15.3. The molecule has 0 aromatic carbocycles. The molecular formula is C10H17NO5S2. The van der Waals surface area contributed by atoms with Crippen LogP contribution in [0.4, 0.5) is 0 Å². The van der Waals surface area contributed by atoms with Crippen LogP contribution in [-0.2, 0) is 19.4 Å². The van der Waals surface area contributed by atoms with Gasteiger partial charge in [0.1, 0.15) is 6.04 Å². The predicted molar refractivity (Wildman–Crippen MR) is 69.3 cm³/mol. The lowest BCUT2D eigenvalue weighted by Crippen LogP contribution is -2.44. The molecule has 1 unspecified atom stereocenters. The number of carboxylic acids is 1. The van der Waals surface area contributed by atoms with E-state index in [2.05, 4.69) is 5.32 Å². The van der Waals surface area contributed by atoms with Gasteiger partial charge < -0.3 is 10.4 Å². The van der Waals surface area contributed by atoms with Crippen molar-refractivity contribution in [2.24, 2.45) is 5.92 Å². The largest absolute Gasteiger partial charge is 0.480 e. The van der Waals surface area contributed by atoms with Crippen molar-refractivity contribution >= 4 is 33.5 Å². The number of amides is 1. The maximum absolute atomic E-state index is 11.8. The Morgan fingerprint density at radius 1 is 1.50 bits per heavy atom. The molecule has 6 nitrogen and oxygen atoms in total. The molecular weight excluding hydrogens is 278 g/mol. The third kappa shape index (κ3) is 4.49. The van der Waals surface area contributed by atoms with Gasteiger partial charge in [-0.3, -0.25) is 4.79 Å². The summed E-state index contributed by atoms with van der Waals surface area (Å²) in [6.45, 7) is 0. The number of aliphatic carboxylic acids is 1. The lowest BCUT2D eigenvalue weighted by molar-refractivity contribution is -0.142. The Kier molecular flexibility index (Phi) is 5.46. The Labute approximate surface area is 110 Å². The molecule has 1 aliphatic rings. The van der Waals surface area contributed by atoms with E-state index in [1.54, 1.807) is 0 Å². The second kappa shape index (κ2) is 6.42. The van der Waals surface area contributed by atoms with Crippen LogP contribution >= 0.6 is 11.8 Å². The van der Waals surface area contributed by atoms with Crippen molar-refractivity contribution in [2.45, 2.75) is 18.9 Å². The van der Waals surface area contributed by atoms with E-state index in [-0.39, 0.29) is 17.9 Å². The molecule has 0 spiro atoms. The summed E-state index contributed by atoms with van der Waals surface area (Å²) in [5.41, 5.74) is 0. The quantitative estimate of drug-likeness (QED) is 0.700. The number of thioether (sulfide) groups is 1. The molecule has 1 heterocycles. The molecule has 0 aromatic rings. The van der Waals surface area contributed by atoms with Crippen LogP contribution in [0.15, 0.2) is 0 Å². The van der Waals surface area contributed by atoms with E-state index in [4.69, 9.17) is 5.11 Å². The van der Waals surface area contributed by atoms with Gasteiger partial charge >= 0.3 is 5.97 Å². The first-order valence-corrected chi connectivity index (χ1v) is 8.80. The maximum atomic E-state index is 11.8. The van der Waals surface area contributed by atoms with Crippen molar-refractivity contribution in [3.63, 3.8) is 0 Å². The third-order valence-corrected chi connectivity index (χ3v) is 5.24. The standard InChI is InChI=1S/C10H17NO5S2/c1-17-4-2-8(10(13)14)11-9(12)7-3-5-18(15,16)6-7/h7-8H,2-6H2,1H3,(H,11,12)(H,13,14)/t7?,8-/m0/s1. The molecule has 2 N–H and O–H groups in total. The molecule has 0 saturated carbocycles. The Balaban J connectivity index is 2.54. The van der Waals surface area contributed by atoms with Gasteiger partial charge in [0.15, 0.2) is 9.84 Å². The number of sulfone groups is 1. The van der Waals surface area contributed by atoms with Crippen molar-refractivity contribution in [1.29, 1.82) is 0 Å². The van der Waals surface area contributed by atoms with Crippen molar-refractivity contribution in [1.82, 2.24) is 5.32 Å². The zero-order chi connectivity index (χ0) is 13.8. The van der Waals surface area contributed by atoms with Gasteiger partial charge in [-0.15, -0.1) is 0 Å². The monoisotopic (exact) mass is 295 g/mol. The first-order valence-electron chi connectivity index (χ1n) is 5.58. The van der Waals surface area contributed by atoms with Crippen LogP contribution < -0.4 is 5.32 Å². The summed E-state index contributed by atoms with van der Waals surface area (Å²) in [6.07, 6.45) is 2.47. The number of nitrogens with one attached hydrogen (secondary N) is 1. The van der Waals surface area contributed by atoms with Crippen LogP contribution in [0, 0.1) is 5.92 Å². The Morgan fingerprint density at radius 2 is 2.17 bits per heavy atom. The number of carbonyl (C=O) groups excluding carboxylic acids is 1. The van der Waals surface area contributed by atoms with E-state index in [9.17, 15) is 18.0 Å². The molecule has 1 amide bonds. The fourth-order valence-corrected chi connectivity index (χ4v) is 4.00. The third-order valence-electron chi connectivity index (χ3n) is 2.83. The molecule has 0 aromatic heterocycles. The summed E-state index contributed by atoms with van der Waals surface area (Å²) < 4.78 is 22.5. The van der Waals surface area contributed by atoms with E-state index < -0.39 is 33.7 Å². The van der Waals surface area contributed by atoms with E-state index >= 15 is 0 Å². The van der Waals surface area contributed by atoms with Gasteiger partial charge in [-0.2, -0.15) is 11.8 Å². The molecule has 8 heteroatoms. The summed E-state index contributed by atoms with van der Waals surface area (Å²) in [4.78, 5) is 22.7. The van der Waals surface area contributed by atoms with Gasteiger partial charge in [0, 0.05) is 0 Å². The van der Waals surface area contributed by atoms with Crippen molar-refractivity contribution in [2.75, 3.05) is 23.5 Å². The Hall–Kier alpha value is -0.760. The second-order valence-electron chi connectivity index (χ2n) is 4.28. The van der Waals surface area contributed by atoms with E-state index in [0.29, 0.717) is 12.2 Å². The highest BCUT2D eigenvalue weighted by Crippen LogP contribution is 2.18. The van der Waals surface area contributed by atoms with Crippen molar-refractivity contribution < 1.29 is 23.1 Å². The van der Waals surface area contributed by atoms with Crippen LogP contribution in [0.3, 0.4) is 0 Å². The molecule has 0 bridgehead atoms. The van der Waals surface area contributed by atoms with E-state index in [1.807, 2.05) is 6.26 Å². The van der Waals surface area contributed by atoms with Gasteiger partial charge in [-0.05, 0) is 24.9 Å². The SMILES string of the molecule is CSCC[C@H](NC(=O)C1CCS(=O)(=O)C1)C(=O)O. The predicted octanol–water partition coefficient (Wildman–Crippen LogP) is -0.256. The van der Waals surface area contributed by atoms with E-state index in [0.717, 1.165) is 0 Å². The average molecular weight is 295 g/mol. The van der Waals surface area contributed by atoms with Crippen LogP contribution in [0.25, 0.3) is 0 Å². The van der Waals surface area contributed by atoms with Gasteiger partial charge in [0.25, 0.3) is 0 Å². The minimum absolute atomic E-state index is 0.00758. The zero-order valence-corrected chi connectivity index (χ0v) is 11.7. The summed E-state index contributed by atoms with van der Waals surface area (Å²) in [7, 11) is -3.13. The fourth-order valence-electron chi connectivity index (χ4n) is 1.78. The van der Waals surface area contributed by atoms with Gasteiger partial charge in [0.05, 0.1) is 17.4 Å². The number of hydrogen-bond donors (Lipinski definition) is 2. The smallest absolute Gasteiger partial charge is 0.326 e. The van der Waals surface area contributed by atoms with Crippen molar-refractivity contribution in [3.8, 4) is 0 Å². The van der Waals surface area contributed by atoms with Gasteiger partial charge in [0.2, 0.25) is 5.91 Å². The topological polar surface area (TPSA) is 101 Å². The van der Waals surface area contributed by atoms with E-state index in [1.165, 1.54) is 11.8 Å². The van der Waals surface area contributed by atoms with Crippen LogP contribution in [0.2, 0.25) is 0 Å². The van der Waals surface area contributed by atoms with Gasteiger partial charge in [-0.25, -0.2) is 13.2 Å². The molecule has 0 aliphatic carbocycles. The summed E-state index contributed by atoms with van der Waals surface area (Å²) in [6, 6.07) is -0.937. The lowest BCUT2D eigenvalue weighted by atomic mass is 10.1. The van der Waals surface area contributed by atoms with Gasteiger partial charge in [-0.1, -0.05) is 0 Å². The number of hydrogen-bond acceptors (Lipinski definition) is 5. The highest BCUT2D eigenvalue weighted by Gasteiger charge is 2.34. The summed E-state index contributed by atoms with van der Waals surface area (Å²) >= 11 is 1.50. The highest BCUT2D eigenvalue weighted by molar-refractivity contribution is 7.98. The molecule has 1 aliphatic heterocycles.